The first-order valence-corrected chi connectivity index (χ1v) is 7.28. The average Bonchev–Trinajstić information content (AvgIpc) is 3.07. The van der Waals surface area contributed by atoms with Gasteiger partial charge in [-0.3, -0.25) is 0 Å². The maximum Gasteiger partial charge on any atom is 0.251 e. The Bertz CT molecular complexity index is 596. The number of nitrogens with zero attached hydrogens (tertiary/aromatic N) is 2. The number of rotatable bonds is 6. The van der Waals surface area contributed by atoms with Gasteiger partial charge in [-0.25, -0.2) is 0 Å². The molecule has 0 aliphatic heterocycles. The van der Waals surface area contributed by atoms with Gasteiger partial charge in [0.15, 0.2) is 0 Å². The Hall–Kier alpha value is -1.62. The second-order valence-electron chi connectivity index (χ2n) is 5.55. The van der Waals surface area contributed by atoms with E-state index in [0.29, 0.717) is 11.8 Å². The third-order valence-electron chi connectivity index (χ3n) is 3.82. The zero-order valence-electron chi connectivity index (χ0n) is 12.3. The minimum absolute atomic E-state index is 0.571. The van der Waals surface area contributed by atoms with Crippen LogP contribution in [-0.2, 0) is 6.42 Å². The number of furan rings is 1. The molecule has 3 rings (SSSR count). The minimum Gasteiger partial charge on any atom is -0.466 e. The summed E-state index contributed by atoms with van der Waals surface area (Å²) in [6, 6.07) is 0.757. The van der Waals surface area contributed by atoms with E-state index in [0.717, 1.165) is 48.1 Å². The van der Waals surface area contributed by atoms with Crippen molar-refractivity contribution in [3.63, 3.8) is 0 Å². The van der Waals surface area contributed by atoms with E-state index in [9.17, 15) is 0 Å². The summed E-state index contributed by atoms with van der Waals surface area (Å²) in [4.78, 5) is 0. The fourth-order valence-corrected chi connectivity index (χ4v) is 2.40. The van der Waals surface area contributed by atoms with Crippen molar-refractivity contribution in [1.29, 1.82) is 0 Å². The van der Waals surface area contributed by atoms with Crippen LogP contribution in [0.1, 0.15) is 42.2 Å². The first-order chi connectivity index (χ1) is 9.65. The summed E-state index contributed by atoms with van der Waals surface area (Å²) in [5.41, 5.74) is 2.02. The monoisotopic (exact) mass is 275 g/mol. The number of hydrogen-bond donors (Lipinski definition) is 1. The van der Waals surface area contributed by atoms with Gasteiger partial charge in [-0.1, -0.05) is 0 Å². The SMILES string of the molecule is Cc1oc(C)c(-c2nnc(CCCNC3CC3)o2)c1C. The Balaban J connectivity index is 1.63. The third-order valence-corrected chi connectivity index (χ3v) is 3.82. The fourth-order valence-electron chi connectivity index (χ4n) is 2.40. The van der Waals surface area contributed by atoms with Crippen molar-refractivity contribution >= 4 is 0 Å². The second kappa shape index (κ2) is 5.40. The normalized spacial score (nSPS) is 14.9. The van der Waals surface area contributed by atoms with Crippen LogP contribution in [0.5, 0.6) is 0 Å². The molecule has 2 heterocycles. The van der Waals surface area contributed by atoms with Crippen LogP contribution in [0, 0.1) is 20.8 Å². The van der Waals surface area contributed by atoms with Gasteiger partial charge in [0.25, 0.3) is 5.89 Å². The molecule has 108 valence electrons. The summed E-state index contributed by atoms with van der Waals surface area (Å²) in [6.45, 7) is 6.92. The average molecular weight is 275 g/mol. The lowest BCUT2D eigenvalue weighted by atomic mass is 10.1. The molecule has 0 atom stereocenters. The molecule has 1 fully saturated rings. The van der Waals surface area contributed by atoms with Crippen molar-refractivity contribution in [2.45, 2.75) is 52.5 Å². The Morgan fingerprint density at radius 2 is 1.90 bits per heavy atom. The van der Waals surface area contributed by atoms with Crippen molar-refractivity contribution in [1.82, 2.24) is 15.5 Å². The van der Waals surface area contributed by atoms with E-state index in [1.54, 1.807) is 0 Å². The summed E-state index contributed by atoms with van der Waals surface area (Å²) in [7, 11) is 0. The first kappa shape index (κ1) is 13.4. The lowest BCUT2D eigenvalue weighted by molar-refractivity contribution is 0.484. The van der Waals surface area contributed by atoms with E-state index in [-0.39, 0.29) is 0 Å². The zero-order valence-corrected chi connectivity index (χ0v) is 12.3. The number of hydrogen-bond acceptors (Lipinski definition) is 5. The van der Waals surface area contributed by atoms with Crippen LogP contribution in [0.3, 0.4) is 0 Å². The largest absolute Gasteiger partial charge is 0.466 e. The van der Waals surface area contributed by atoms with Gasteiger partial charge in [-0.2, -0.15) is 0 Å². The molecule has 0 radical (unpaired) electrons. The molecular formula is C15H21N3O2. The molecule has 2 aromatic heterocycles. The van der Waals surface area contributed by atoms with Crippen LogP contribution in [0.4, 0.5) is 0 Å². The van der Waals surface area contributed by atoms with E-state index in [2.05, 4.69) is 15.5 Å². The standard InChI is InChI=1S/C15H21N3O2/c1-9-10(2)19-11(3)14(9)15-18-17-13(20-15)5-4-8-16-12-6-7-12/h12,16H,4-8H2,1-3H3. The summed E-state index contributed by atoms with van der Waals surface area (Å²) in [5.74, 6) is 3.02. The van der Waals surface area contributed by atoms with Crippen molar-refractivity contribution in [2.75, 3.05) is 6.54 Å². The summed E-state index contributed by atoms with van der Waals surface area (Å²) in [5, 5.41) is 11.8. The highest BCUT2D eigenvalue weighted by molar-refractivity contribution is 5.61. The number of nitrogens with one attached hydrogen (secondary N) is 1. The lowest BCUT2D eigenvalue weighted by Gasteiger charge is -1.99. The smallest absolute Gasteiger partial charge is 0.251 e. The molecule has 20 heavy (non-hydrogen) atoms. The highest BCUT2D eigenvalue weighted by Gasteiger charge is 2.20. The summed E-state index contributed by atoms with van der Waals surface area (Å²) >= 11 is 0. The predicted molar refractivity (Wildman–Crippen MR) is 75.6 cm³/mol. The highest BCUT2D eigenvalue weighted by atomic mass is 16.4. The van der Waals surface area contributed by atoms with Crippen LogP contribution < -0.4 is 5.32 Å². The summed E-state index contributed by atoms with van der Waals surface area (Å²) in [6.07, 6.45) is 4.49. The van der Waals surface area contributed by atoms with Gasteiger partial charge in [0.2, 0.25) is 5.89 Å². The topological polar surface area (TPSA) is 64.1 Å². The fraction of sp³-hybridized carbons (Fsp3) is 0.600. The van der Waals surface area contributed by atoms with Gasteiger partial charge in [0.1, 0.15) is 11.5 Å². The zero-order chi connectivity index (χ0) is 14.1. The summed E-state index contributed by atoms with van der Waals surface area (Å²) < 4.78 is 11.4. The van der Waals surface area contributed by atoms with E-state index < -0.39 is 0 Å². The van der Waals surface area contributed by atoms with Crippen molar-refractivity contribution in [3.8, 4) is 11.5 Å². The van der Waals surface area contributed by atoms with Crippen LogP contribution in [0.15, 0.2) is 8.83 Å². The van der Waals surface area contributed by atoms with Crippen molar-refractivity contribution < 1.29 is 8.83 Å². The Morgan fingerprint density at radius 1 is 1.10 bits per heavy atom. The Morgan fingerprint density at radius 3 is 2.55 bits per heavy atom. The quantitative estimate of drug-likeness (QED) is 0.821. The number of aromatic nitrogens is 2. The van der Waals surface area contributed by atoms with E-state index in [1.807, 2.05) is 20.8 Å². The minimum atomic E-state index is 0.571. The van der Waals surface area contributed by atoms with Crippen LogP contribution in [-0.4, -0.2) is 22.8 Å². The van der Waals surface area contributed by atoms with Crippen LogP contribution in [0.25, 0.3) is 11.5 Å². The van der Waals surface area contributed by atoms with Gasteiger partial charge < -0.3 is 14.2 Å². The molecule has 1 aliphatic rings. The van der Waals surface area contributed by atoms with Crippen molar-refractivity contribution in [3.05, 3.63) is 23.0 Å². The van der Waals surface area contributed by atoms with E-state index >= 15 is 0 Å². The first-order valence-electron chi connectivity index (χ1n) is 7.28. The molecular weight excluding hydrogens is 254 g/mol. The Labute approximate surface area is 118 Å². The molecule has 5 heteroatoms. The second-order valence-corrected chi connectivity index (χ2v) is 5.55. The lowest BCUT2D eigenvalue weighted by Crippen LogP contribution is -2.17. The van der Waals surface area contributed by atoms with Gasteiger partial charge in [0.05, 0.1) is 5.56 Å². The molecule has 0 bridgehead atoms. The van der Waals surface area contributed by atoms with E-state index in [4.69, 9.17) is 8.83 Å². The molecule has 5 nitrogen and oxygen atoms in total. The maximum atomic E-state index is 5.76. The predicted octanol–water partition coefficient (Wildman–Crippen LogP) is 2.94. The molecule has 1 N–H and O–H groups in total. The molecule has 2 aromatic rings. The maximum absolute atomic E-state index is 5.76. The molecule has 1 saturated carbocycles. The molecule has 0 aromatic carbocycles. The highest BCUT2D eigenvalue weighted by Crippen LogP contribution is 2.30. The van der Waals surface area contributed by atoms with E-state index in [1.165, 1.54) is 12.8 Å². The van der Waals surface area contributed by atoms with Gasteiger partial charge in [0, 0.05) is 18.0 Å². The molecule has 0 unspecified atom stereocenters. The van der Waals surface area contributed by atoms with Crippen molar-refractivity contribution in [2.24, 2.45) is 0 Å². The number of aryl methyl sites for hydroxylation is 3. The van der Waals surface area contributed by atoms with Gasteiger partial charge in [-0.05, 0) is 46.6 Å². The third kappa shape index (κ3) is 2.77. The van der Waals surface area contributed by atoms with Crippen LogP contribution in [0.2, 0.25) is 0 Å². The molecule has 1 aliphatic carbocycles. The Kier molecular flexibility index (Phi) is 3.61. The van der Waals surface area contributed by atoms with Crippen LogP contribution >= 0.6 is 0 Å². The molecule has 0 amide bonds. The van der Waals surface area contributed by atoms with Gasteiger partial charge >= 0.3 is 0 Å². The molecule has 0 saturated heterocycles. The van der Waals surface area contributed by atoms with Gasteiger partial charge in [-0.15, -0.1) is 10.2 Å². The molecule has 0 spiro atoms.